The second-order valence-electron chi connectivity index (χ2n) is 5.90. The Morgan fingerprint density at radius 2 is 2.00 bits per heavy atom. The van der Waals surface area contributed by atoms with Gasteiger partial charge in [0.15, 0.2) is 11.4 Å². The zero-order valence-electron chi connectivity index (χ0n) is 11.2. The lowest BCUT2D eigenvalue weighted by molar-refractivity contribution is -0.164. The maximum Gasteiger partial charge on any atom is 0.176 e. The number of aliphatic hydroxyl groups is 2. The molecule has 0 amide bonds. The molecule has 2 atom stereocenters. The van der Waals surface area contributed by atoms with E-state index in [2.05, 4.69) is 31.1 Å². The standard InChI is InChI=1S/C12H22O4Si/c1-11(2)15-8-10(16-11)12(14,9-13)6-7-17(3,4)5/h10,13-14H,8-9H2,1-5H3/t10-,12-/m0/s1. The highest BCUT2D eigenvalue weighted by Gasteiger charge is 2.45. The molecule has 1 rings (SSSR count). The summed E-state index contributed by atoms with van der Waals surface area (Å²) in [5.74, 6) is 2.05. The van der Waals surface area contributed by atoms with E-state index in [1.807, 2.05) is 0 Å². The van der Waals surface area contributed by atoms with E-state index in [0.717, 1.165) is 0 Å². The van der Waals surface area contributed by atoms with Crippen LogP contribution in [-0.2, 0) is 9.47 Å². The first-order valence-corrected chi connectivity index (χ1v) is 9.27. The summed E-state index contributed by atoms with van der Waals surface area (Å²) in [4.78, 5) is 0. The third kappa shape index (κ3) is 4.09. The summed E-state index contributed by atoms with van der Waals surface area (Å²) in [6.45, 7) is 9.57. The van der Waals surface area contributed by atoms with Crippen molar-refractivity contribution in [2.75, 3.05) is 13.2 Å². The molecule has 0 aromatic rings. The van der Waals surface area contributed by atoms with Gasteiger partial charge < -0.3 is 19.7 Å². The molecule has 0 bridgehead atoms. The lowest BCUT2D eigenvalue weighted by Gasteiger charge is -2.27. The Balaban J connectivity index is 2.86. The maximum atomic E-state index is 10.3. The first-order chi connectivity index (χ1) is 7.58. The van der Waals surface area contributed by atoms with E-state index >= 15 is 0 Å². The highest BCUT2D eigenvalue weighted by Crippen LogP contribution is 2.28. The second kappa shape index (κ2) is 4.71. The van der Waals surface area contributed by atoms with Crippen LogP contribution in [0.3, 0.4) is 0 Å². The van der Waals surface area contributed by atoms with Gasteiger partial charge in [-0.3, -0.25) is 0 Å². The van der Waals surface area contributed by atoms with E-state index in [4.69, 9.17) is 9.47 Å². The third-order valence-electron chi connectivity index (χ3n) is 2.44. The molecule has 0 spiro atoms. The molecule has 0 aromatic carbocycles. The molecule has 1 fully saturated rings. The molecule has 1 heterocycles. The van der Waals surface area contributed by atoms with Crippen LogP contribution >= 0.6 is 0 Å². The molecule has 0 aromatic heterocycles. The molecule has 0 unspecified atom stereocenters. The zero-order valence-corrected chi connectivity index (χ0v) is 12.2. The predicted octanol–water partition coefficient (Wildman–Crippen LogP) is 0.742. The van der Waals surface area contributed by atoms with E-state index in [0.29, 0.717) is 0 Å². The molecule has 0 radical (unpaired) electrons. The monoisotopic (exact) mass is 258 g/mol. The molecule has 5 heteroatoms. The van der Waals surface area contributed by atoms with Crippen LogP contribution < -0.4 is 0 Å². The Labute approximate surface area is 104 Å². The summed E-state index contributed by atoms with van der Waals surface area (Å²) in [7, 11) is -1.60. The first-order valence-electron chi connectivity index (χ1n) is 5.77. The number of hydrogen-bond acceptors (Lipinski definition) is 4. The fraction of sp³-hybridized carbons (Fsp3) is 0.833. The molecular formula is C12H22O4Si. The number of ether oxygens (including phenoxy) is 2. The Kier molecular flexibility index (Phi) is 4.07. The molecule has 0 aliphatic carbocycles. The van der Waals surface area contributed by atoms with Crippen molar-refractivity contribution < 1.29 is 19.7 Å². The molecule has 2 N–H and O–H groups in total. The quantitative estimate of drug-likeness (QED) is 0.566. The molecule has 4 nitrogen and oxygen atoms in total. The number of aliphatic hydroxyl groups excluding tert-OH is 1. The van der Waals surface area contributed by atoms with Crippen molar-refractivity contribution in [2.24, 2.45) is 0 Å². The van der Waals surface area contributed by atoms with Gasteiger partial charge in [-0.05, 0) is 13.8 Å². The molecule has 98 valence electrons. The van der Waals surface area contributed by atoms with E-state index in [1.54, 1.807) is 13.8 Å². The normalized spacial score (nSPS) is 27.1. The lowest BCUT2D eigenvalue weighted by Crippen LogP contribution is -2.47. The van der Waals surface area contributed by atoms with Gasteiger partial charge in [0.05, 0.1) is 13.2 Å². The minimum Gasteiger partial charge on any atom is -0.392 e. The van der Waals surface area contributed by atoms with Crippen LogP contribution in [0.15, 0.2) is 0 Å². The Morgan fingerprint density at radius 1 is 1.41 bits per heavy atom. The van der Waals surface area contributed by atoms with Crippen LogP contribution in [0.2, 0.25) is 19.6 Å². The minimum atomic E-state index is -1.60. The van der Waals surface area contributed by atoms with Crippen molar-refractivity contribution in [3.8, 4) is 11.5 Å². The topological polar surface area (TPSA) is 58.9 Å². The Bertz CT molecular complexity index is 337. The maximum absolute atomic E-state index is 10.3. The highest BCUT2D eigenvalue weighted by atomic mass is 28.3. The van der Waals surface area contributed by atoms with Gasteiger partial charge in [-0.15, -0.1) is 5.54 Å². The van der Waals surface area contributed by atoms with Crippen molar-refractivity contribution in [1.29, 1.82) is 0 Å². The second-order valence-corrected chi connectivity index (χ2v) is 10.6. The third-order valence-corrected chi connectivity index (χ3v) is 3.31. The van der Waals surface area contributed by atoms with Crippen molar-refractivity contribution in [3.05, 3.63) is 0 Å². The summed E-state index contributed by atoms with van der Waals surface area (Å²) in [5.41, 5.74) is 1.53. The van der Waals surface area contributed by atoms with Gasteiger partial charge in [-0.1, -0.05) is 25.6 Å². The summed E-state index contributed by atoms with van der Waals surface area (Å²) in [6.07, 6.45) is -0.605. The van der Waals surface area contributed by atoms with Crippen molar-refractivity contribution in [1.82, 2.24) is 0 Å². The summed E-state index contributed by atoms with van der Waals surface area (Å²) in [6, 6.07) is 0. The van der Waals surface area contributed by atoms with E-state index in [-0.39, 0.29) is 6.61 Å². The first kappa shape index (κ1) is 14.7. The molecule has 1 saturated heterocycles. The summed E-state index contributed by atoms with van der Waals surface area (Å²) in [5, 5.41) is 19.6. The molecular weight excluding hydrogens is 236 g/mol. The van der Waals surface area contributed by atoms with Crippen LogP contribution in [0.25, 0.3) is 0 Å². The smallest absolute Gasteiger partial charge is 0.176 e. The SMILES string of the molecule is CC1(C)OC[C@@H]([C@](O)(C#C[Si](C)(C)C)CO)O1. The fourth-order valence-electron chi connectivity index (χ4n) is 1.44. The van der Waals surface area contributed by atoms with Crippen LogP contribution in [-0.4, -0.2) is 49.0 Å². The van der Waals surface area contributed by atoms with Crippen LogP contribution in [0.1, 0.15) is 13.8 Å². The molecule has 17 heavy (non-hydrogen) atoms. The summed E-state index contributed by atoms with van der Waals surface area (Å²) >= 11 is 0. The van der Waals surface area contributed by atoms with Crippen LogP contribution in [0.5, 0.6) is 0 Å². The fourth-order valence-corrected chi connectivity index (χ4v) is 2.03. The van der Waals surface area contributed by atoms with Crippen molar-refractivity contribution in [3.63, 3.8) is 0 Å². The minimum absolute atomic E-state index is 0.241. The van der Waals surface area contributed by atoms with Gasteiger partial charge in [0.25, 0.3) is 0 Å². The van der Waals surface area contributed by atoms with Gasteiger partial charge in [0.1, 0.15) is 14.2 Å². The zero-order chi connectivity index (χ0) is 13.3. The Hall–Kier alpha value is -0.383. The predicted molar refractivity (Wildman–Crippen MR) is 68.1 cm³/mol. The van der Waals surface area contributed by atoms with Crippen LogP contribution in [0.4, 0.5) is 0 Å². The van der Waals surface area contributed by atoms with Gasteiger partial charge >= 0.3 is 0 Å². The average Bonchev–Trinajstić information content (AvgIpc) is 2.55. The molecule has 1 aliphatic rings. The Morgan fingerprint density at radius 3 is 2.35 bits per heavy atom. The highest BCUT2D eigenvalue weighted by molar-refractivity contribution is 6.83. The van der Waals surface area contributed by atoms with Gasteiger partial charge in [0, 0.05) is 0 Å². The van der Waals surface area contributed by atoms with Crippen molar-refractivity contribution >= 4 is 8.07 Å². The van der Waals surface area contributed by atoms with Crippen molar-refractivity contribution in [2.45, 2.75) is 51.0 Å². The summed E-state index contributed by atoms with van der Waals surface area (Å²) < 4.78 is 10.9. The number of hydrogen-bond donors (Lipinski definition) is 2. The van der Waals surface area contributed by atoms with E-state index in [1.165, 1.54) is 0 Å². The van der Waals surface area contributed by atoms with Gasteiger partial charge in [-0.25, -0.2) is 0 Å². The van der Waals surface area contributed by atoms with E-state index < -0.39 is 32.2 Å². The van der Waals surface area contributed by atoms with E-state index in [9.17, 15) is 10.2 Å². The average molecular weight is 258 g/mol. The lowest BCUT2D eigenvalue weighted by atomic mass is 10.00. The largest absolute Gasteiger partial charge is 0.392 e. The number of rotatable bonds is 2. The molecule has 0 saturated carbocycles. The van der Waals surface area contributed by atoms with Crippen LogP contribution in [0, 0.1) is 11.5 Å². The molecule has 1 aliphatic heterocycles. The van der Waals surface area contributed by atoms with Gasteiger partial charge in [0.2, 0.25) is 0 Å². The van der Waals surface area contributed by atoms with Gasteiger partial charge in [-0.2, -0.15) is 0 Å².